The number of benzene rings is 4. The number of aromatic nitrogens is 1. The van der Waals surface area contributed by atoms with Crippen LogP contribution in [0.25, 0.3) is 22.0 Å². The predicted octanol–water partition coefficient (Wildman–Crippen LogP) is 8.58. The summed E-state index contributed by atoms with van der Waals surface area (Å²) in [5.41, 5.74) is 5.68. The van der Waals surface area contributed by atoms with Crippen LogP contribution in [0.15, 0.2) is 84.0 Å². The topological polar surface area (TPSA) is 102 Å². The van der Waals surface area contributed by atoms with Gasteiger partial charge in [-0.1, -0.05) is 53.0 Å². The molecule has 2 N–H and O–H groups in total. The maximum Gasteiger partial charge on any atom is 0.345 e. The first kappa shape index (κ1) is 30.9. The molecule has 1 heterocycles. The van der Waals surface area contributed by atoms with Crippen molar-refractivity contribution in [2.75, 3.05) is 13.2 Å². The van der Waals surface area contributed by atoms with Gasteiger partial charge in [0, 0.05) is 32.1 Å². The lowest BCUT2D eigenvalue weighted by atomic mass is 10.0. The lowest BCUT2D eigenvalue weighted by molar-refractivity contribution is 0.0728. The van der Waals surface area contributed by atoms with Crippen LogP contribution in [0.2, 0.25) is 15.1 Å². The molecule has 5 rings (SSSR count). The fraction of sp³-hybridized carbons (Fsp3) is 0.121. The minimum absolute atomic E-state index is 0.161. The van der Waals surface area contributed by atoms with Gasteiger partial charge < -0.3 is 19.2 Å². The lowest BCUT2D eigenvalue weighted by Crippen LogP contribution is -2.19. The Kier molecular flexibility index (Phi) is 9.75. The van der Waals surface area contributed by atoms with Crippen molar-refractivity contribution < 1.29 is 23.8 Å². The van der Waals surface area contributed by atoms with E-state index in [1.165, 1.54) is 18.3 Å². The monoisotopic (exact) mass is 649 g/mol. The second-order valence-electron chi connectivity index (χ2n) is 9.35. The first-order valence-electron chi connectivity index (χ1n) is 13.6. The molecule has 5 aromatic rings. The number of rotatable bonds is 10. The molecule has 0 aliphatic heterocycles. The van der Waals surface area contributed by atoms with E-state index >= 15 is 0 Å². The Bertz CT molecular complexity index is 1890. The normalized spacial score (nSPS) is 11.1. The van der Waals surface area contributed by atoms with E-state index in [2.05, 4.69) is 15.5 Å². The molecule has 4 aromatic carbocycles. The van der Waals surface area contributed by atoms with E-state index in [9.17, 15) is 9.59 Å². The molecular weight excluding hydrogens is 625 g/mol. The number of hydrogen-bond acceptors (Lipinski definition) is 6. The fourth-order valence-electron chi connectivity index (χ4n) is 4.53. The molecule has 0 fully saturated rings. The van der Waals surface area contributed by atoms with Gasteiger partial charge in [-0.15, -0.1) is 0 Å². The summed E-state index contributed by atoms with van der Waals surface area (Å²) in [7, 11) is 0. The summed E-state index contributed by atoms with van der Waals surface area (Å²) in [6, 6.07) is 22.2. The first-order valence-corrected chi connectivity index (χ1v) is 14.7. The van der Waals surface area contributed by atoms with Crippen LogP contribution < -0.4 is 19.6 Å². The van der Waals surface area contributed by atoms with E-state index in [1.807, 2.05) is 43.3 Å². The van der Waals surface area contributed by atoms with Crippen molar-refractivity contribution in [1.82, 2.24) is 10.4 Å². The molecule has 0 bridgehead atoms. The van der Waals surface area contributed by atoms with Crippen molar-refractivity contribution in [3.63, 3.8) is 0 Å². The Morgan fingerprint density at radius 2 is 1.66 bits per heavy atom. The zero-order valence-electron chi connectivity index (χ0n) is 23.6. The van der Waals surface area contributed by atoms with Crippen LogP contribution in [-0.4, -0.2) is 36.3 Å². The van der Waals surface area contributed by atoms with E-state index in [4.69, 9.17) is 49.0 Å². The number of nitrogens with zero attached hydrogens (tertiary/aromatic N) is 1. The third-order valence-electron chi connectivity index (χ3n) is 6.45. The van der Waals surface area contributed by atoms with Crippen LogP contribution in [0.4, 0.5) is 0 Å². The molecule has 1 amide bonds. The smallest absolute Gasteiger partial charge is 0.345 e. The molecule has 0 radical (unpaired) electrons. The summed E-state index contributed by atoms with van der Waals surface area (Å²) in [5.74, 6) is 0.0386. The Balaban J connectivity index is 1.39. The molecule has 1 aromatic heterocycles. The molecule has 0 saturated carbocycles. The number of halogens is 3. The van der Waals surface area contributed by atoms with Gasteiger partial charge in [-0.3, -0.25) is 4.79 Å². The van der Waals surface area contributed by atoms with Gasteiger partial charge in [-0.05, 0) is 80.1 Å². The molecule has 224 valence electrons. The summed E-state index contributed by atoms with van der Waals surface area (Å²) in [4.78, 5) is 29.4. The fourth-order valence-corrected chi connectivity index (χ4v) is 5.25. The van der Waals surface area contributed by atoms with E-state index in [0.717, 1.165) is 10.9 Å². The molecule has 0 aliphatic carbocycles. The highest BCUT2D eigenvalue weighted by atomic mass is 35.5. The van der Waals surface area contributed by atoms with Crippen molar-refractivity contribution in [3.05, 3.63) is 111 Å². The Labute approximate surface area is 268 Å². The number of H-pyrrole nitrogens is 1. The maximum atomic E-state index is 13.4. The minimum atomic E-state index is -0.665. The average molecular weight is 651 g/mol. The zero-order chi connectivity index (χ0) is 31.2. The van der Waals surface area contributed by atoms with Gasteiger partial charge in [-0.25, -0.2) is 10.2 Å². The summed E-state index contributed by atoms with van der Waals surface area (Å²) in [6.07, 6.45) is 1.45. The van der Waals surface area contributed by atoms with Crippen molar-refractivity contribution >= 4 is 63.8 Å². The second-order valence-corrected chi connectivity index (χ2v) is 10.6. The van der Waals surface area contributed by atoms with Gasteiger partial charge >= 0.3 is 5.97 Å². The van der Waals surface area contributed by atoms with Crippen LogP contribution >= 0.6 is 34.8 Å². The van der Waals surface area contributed by atoms with Crippen LogP contribution in [0.1, 0.15) is 40.3 Å². The molecule has 0 atom stereocenters. The van der Waals surface area contributed by atoms with Gasteiger partial charge in [-0.2, -0.15) is 5.10 Å². The average Bonchev–Trinajstić information content (AvgIpc) is 3.37. The van der Waals surface area contributed by atoms with Gasteiger partial charge in [0.25, 0.3) is 5.91 Å². The Hall–Kier alpha value is -4.50. The molecule has 11 heteroatoms. The van der Waals surface area contributed by atoms with Gasteiger partial charge in [0.05, 0.1) is 30.0 Å². The van der Waals surface area contributed by atoms with E-state index in [-0.39, 0.29) is 22.0 Å². The summed E-state index contributed by atoms with van der Waals surface area (Å²) < 4.78 is 16.9. The van der Waals surface area contributed by atoms with Crippen molar-refractivity contribution in [2.24, 2.45) is 5.10 Å². The number of fused-ring (bicyclic) bond motifs is 1. The third-order valence-corrected chi connectivity index (χ3v) is 7.33. The SMILES string of the molecule is CCOc1ccc2[nH]c(C(=O)NN=Cc3ccc(OC(=O)c4ccc(Cl)cc4Cl)c(OCC)c3)c(-c3ccccc3Cl)c2c1. The number of esters is 1. The second kappa shape index (κ2) is 13.9. The van der Waals surface area contributed by atoms with Crippen molar-refractivity contribution in [1.29, 1.82) is 0 Å². The quantitative estimate of drug-likeness (QED) is 0.0682. The van der Waals surface area contributed by atoms with Crippen molar-refractivity contribution in [3.8, 4) is 28.4 Å². The van der Waals surface area contributed by atoms with Crippen molar-refractivity contribution in [2.45, 2.75) is 13.8 Å². The van der Waals surface area contributed by atoms with Crippen LogP contribution in [-0.2, 0) is 0 Å². The van der Waals surface area contributed by atoms with Gasteiger partial charge in [0.2, 0.25) is 0 Å². The summed E-state index contributed by atoms with van der Waals surface area (Å²) in [6.45, 7) is 4.53. The van der Waals surface area contributed by atoms with Gasteiger partial charge in [0.15, 0.2) is 11.5 Å². The maximum absolute atomic E-state index is 13.4. The zero-order valence-corrected chi connectivity index (χ0v) is 25.9. The lowest BCUT2D eigenvalue weighted by Gasteiger charge is -2.12. The number of ether oxygens (including phenoxy) is 3. The Morgan fingerprint density at radius 1 is 0.864 bits per heavy atom. The highest BCUT2D eigenvalue weighted by Crippen LogP contribution is 2.38. The molecule has 8 nitrogen and oxygen atoms in total. The predicted molar refractivity (Wildman–Crippen MR) is 174 cm³/mol. The largest absolute Gasteiger partial charge is 0.494 e. The van der Waals surface area contributed by atoms with Crippen LogP contribution in [0.3, 0.4) is 0 Å². The number of carbonyl (C=O) groups excluding carboxylic acids is 2. The van der Waals surface area contributed by atoms with E-state index < -0.39 is 11.9 Å². The summed E-state index contributed by atoms with van der Waals surface area (Å²) in [5, 5.41) is 6.00. The number of carbonyl (C=O) groups is 2. The first-order chi connectivity index (χ1) is 21.3. The number of hydrazone groups is 1. The molecule has 0 aliphatic rings. The summed E-state index contributed by atoms with van der Waals surface area (Å²) >= 11 is 18.6. The third kappa shape index (κ3) is 6.83. The Morgan fingerprint density at radius 3 is 2.41 bits per heavy atom. The molecule has 0 spiro atoms. The van der Waals surface area contributed by atoms with Gasteiger partial charge in [0.1, 0.15) is 11.4 Å². The molecule has 0 saturated heterocycles. The van der Waals surface area contributed by atoms with Crippen LogP contribution in [0, 0.1) is 0 Å². The molecular formula is C33H26Cl3N3O5. The number of nitrogens with one attached hydrogen (secondary N) is 2. The van der Waals surface area contributed by atoms with E-state index in [1.54, 1.807) is 37.3 Å². The number of hydrogen-bond donors (Lipinski definition) is 2. The minimum Gasteiger partial charge on any atom is -0.494 e. The standard InChI is InChI=1S/C33H26Cl3N3O5/c1-3-42-21-11-13-27-24(17-21)30(22-7-5-6-8-25(22)35)31(38-27)32(40)39-37-18-19-9-14-28(29(15-19)43-4-2)44-33(41)23-12-10-20(34)16-26(23)36/h5-18,38H,3-4H2,1-2H3,(H,39,40). The highest BCUT2D eigenvalue weighted by molar-refractivity contribution is 6.36. The number of aromatic amines is 1. The molecule has 0 unspecified atom stereocenters. The van der Waals surface area contributed by atoms with E-state index in [0.29, 0.717) is 51.4 Å². The number of amides is 1. The molecule has 44 heavy (non-hydrogen) atoms. The van der Waals surface area contributed by atoms with Crippen LogP contribution in [0.5, 0.6) is 17.2 Å². The highest BCUT2D eigenvalue weighted by Gasteiger charge is 2.21.